The zero-order valence-electron chi connectivity index (χ0n) is 16.4. The highest BCUT2D eigenvalue weighted by Gasteiger charge is 2.16. The average Bonchev–Trinajstić information content (AvgIpc) is 2.39. The number of pyridine rings is 1. The van der Waals surface area contributed by atoms with Crippen molar-refractivity contribution in [3.8, 4) is 0 Å². The summed E-state index contributed by atoms with van der Waals surface area (Å²) in [4.78, 5) is 4.37. The van der Waals surface area contributed by atoms with Gasteiger partial charge in [0.25, 0.3) is 0 Å². The van der Waals surface area contributed by atoms with E-state index in [0.29, 0.717) is 17.8 Å². The molecule has 0 fully saturated rings. The maximum absolute atomic E-state index is 4.37. The van der Waals surface area contributed by atoms with Gasteiger partial charge < -0.3 is 0 Å². The van der Waals surface area contributed by atoms with E-state index in [4.69, 9.17) is 0 Å². The van der Waals surface area contributed by atoms with Crippen LogP contribution < -0.4 is 0 Å². The van der Waals surface area contributed by atoms with Gasteiger partial charge in [0.2, 0.25) is 0 Å². The Morgan fingerprint density at radius 3 is 1.10 bits per heavy atom. The fourth-order valence-corrected chi connectivity index (χ4v) is 2.09. The van der Waals surface area contributed by atoms with E-state index in [9.17, 15) is 0 Å². The van der Waals surface area contributed by atoms with Gasteiger partial charge in [0.1, 0.15) is 0 Å². The second kappa shape index (κ2) is 11.8. The van der Waals surface area contributed by atoms with Gasteiger partial charge in [-0.05, 0) is 40.4 Å². The molecule has 0 amide bonds. The average molecular weight is 294 g/mol. The van der Waals surface area contributed by atoms with Gasteiger partial charge in [0, 0.05) is 12.4 Å². The summed E-state index contributed by atoms with van der Waals surface area (Å²) in [6.45, 7) is 24.0. The van der Waals surface area contributed by atoms with Crippen LogP contribution in [0.15, 0.2) is 12.4 Å². The summed E-state index contributed by atoms with van der Waals surface area (Å²) in [5, 5.41) is 0. The van der Waals surface area contributed by atoms with Crippen LogP contribution in [0.25, 0.3) is 0 Å². The third kappa shape index (κ3) is 8.90. The van der Waals surface area contributed by atoms with Crippen molar-refractivity contribution in [2.45, 2.75) is 93.9 Å². The summed E-state index contributed by atoms with van der Waals surface area (Å²) >= 11 is 0. The van der Waals surface area contributed by atoms with Crippen LogP contribution in [-0.2, 0) is 0 Å². The van der Waals surface area contributed by atoms with Crippen LogP contribution in [0.5, 0.6) is 0 Å². The van der Waals surface area contributed by atoms with Crippen LogP contribution in [-0.4, -0.2) is 4.98 Å². The van der Waals surface area contributed by atoms with Gasteiger partial charge in [-0.15, -0.1) is 0 Å². The molecule has 0 aliphatic heterocycles. The zero-order chi connectivity index (χ0) is 17.2. The summed E-state index contributed by atoms with van der Waals surface area (Å²) < 4.78 is 0. The molecule has 1 aromatic heterocycles. The normalized spacial score (nSPS) is 10.4. The molecule has 1 aromatic rings. The third-order valence-corrected chi connectivity index (χ3v) is 2.87. The minimum absolute atomic E-state index is 0.564. The van der Waals surface area contributed by atoms with Gasteiger partial charge in [-0.25, -0.2) is 0 Å². The molecule has 0 bridgehead atoms. The number of hydrogen-bond donors (Lipinski definition) is 0. The highest BCUT2D eigenvalue weighted by atomic mass is 14.6. The standard InChI is InChI=1S/C14H23N.C4H10.C2H6/c1-9(2)12-7-15-8-13(10(3)4)14(12)11(5)6;1-4(2)3;1-2/h7-11H,1-6H3;4H,1-3H3;1-2H3. The Balaban J connectivity index is 0. The molecule has 0 unspecified atom stereocenters. The predicted octanol–water partition coefficient (Wildman–Crippen LogP) is 7.14. The van der Waals surface area contributed by atoms with Crippen LogP contribution in [0.2, 0.25) is 0 Å². The lowest BCUT2D eigenvalue weighted by molar-refractivity contribution is 0.737. The highest BCUT2D eigenvalue weighted by molar-refractivity contribution is 5.38. The maximum atomic E-state index is 4.37. The van der Waals surface area contributed by atoms with E-state index in [0.717, 1.165) is 5.92 Å². The molecular formula is C20H39N. The Morgan fingerprint density at radius 1 is 0.619 bits per heavy atom. The van der Waals surface area contributed by atoms with Crippen molar-refractivity contribution < 1.29 is 0 Å². The van der Waals surface area contributed by atoms with Crippen molar-refractivity contribution in [3.05, 3.63) is 29.1 Å². The molecule has 1 rings (SSSR count). The van der Waals surface area contributed by atoms with Gasteiger partial charge in [0.15, 0.2) is 0 Å². The van der Waals surface area contributed by atoms with Crippen molar-refractivity contribution in [1.29, 1.82) is 0 Å². The lowest BCUT2D eigenvalue weighted by Gasteiger charge is -2.21. The molecule has 21 heavy (non-hydrogen) atoms. The summed E-state index contributed by atoms with van der Waals surface area (Å²) in [6.07, 6.45) is 4.07. The summed E-state index contributed by atoms with van der Waals surface area (Å²) in [5.41, 5.74) is 4.34. The summed E-state index contributed by atoms with van der Waals surface area (Å²) in [5.74, 6) is 2.55. The van der Waals surface area contributed by atoms with Crippen molar-refractivity contribution in [1.82, 2.24) is 4.98 Å². The Bertz CT molecular complexity index is 333. The molecule has 0 aromatic carbocycles. The van der Waals surface area contributed by atoms with E-state index in [2.05, 4.69) is 67.3 Å². The quantitative estimate of drug-likeness (QED) is 0.577. The number of aromatic nitrogens is 1. The fraction of sp³-hybridized carbons (Fsp3) is 0.750. The van der Waals surface area contributed by atoms with Gasteiger partial charge in [-0.3, -0.25) is 4.98 Å². The number of nitrogens with zero attached hydrogens (tertiary/aromatic N) is 1. The Morgan fingerprint density at radius 2 is 0.905 bits per heavy atom. The molecule has 0 aliphatic rings. The van der Waals surface area contributed by atoms with Crippen LogP contribution in [0, 0.1) is 5.92 Å². The Labute approximate surface area is 134 Å². The van der Waals surface area contributed by atoms with E-state index in [1.54, 1.807) is 0 Å². The van der Waals surface area contributed by atoms with E-state index in [1.165, 1.54) is 16.7 Å². The molecule has 1 heterocycles. The number of hydrogen-bond acceptors (Lipinski definition) is 1. The molecule has 0 atom stereocenters. The summed E-state index contributed by atoms with van der Waals surface area (Å²) in [6, 6.07) is 0. The molecule has 0 N–H and O–H groups in total. The minimum Gasteiger partial charge on any atom is -0.264 e. The van der Waals surface area contributed by atoms with Gasteiger partial charge in [0.05, 0.1) is 0 Å². The Kier molecular flexibility index (Phi) is 12.6. The number of rotatable bonds is 3. The lowest BCUT2D eigenvalue weighted by Crippen LogP contribution is -2.06. The van der Waals surface area contributed by atoms with Gasteiger partial charge in [-0.1, -0.05) is 76.2 Å². The van der Waals surface area contributed by atoms with E-state index >= 15 is 0 Å². The molecule has 0 radical (unpaired) electrons. The first-order chi connectivity index (χ1) is 9.68. The molecule has 0 saturated heterocycles. The van der Waals surface area contributed by atoms with Crippen LogP contribution in [0.3, 0.4) is 0 Å². The SMILES string of the molecule is CC.CC(C)C.CC(C)c1cncc(C(C)C)c1C(C)C. The molecule has 124 valence electrons. The molecule has 0 saturated carbocycles. The topological polar surface area (TPSA) is 12.9 Å². The molecular weight excluding hydrogens is 254 g/mol. The Hall–Kier alpha value is -0.850. The van der Waals surface area contributed by atoms with E-state index < -0.39 is 0 Å². The van der Waals surface area contributed by atoms with Gasteiger partial charge >= 0.3 is 0 Å². The second-order valence-corrected chi connectivity index (χ2v) is 6.93. The van der Waals surface area contributed by atoms with Crippen molar-refractivity contribution in [3.63, 3.8) is 0 Å². The molecule has 1 heteroatoms. The van der Waals surface area contributed by atoms with Crippen molar-refractivity contribution in [2.75, 3.05) is 0 Å². The van der Waals surface area contributed by atoms with E-state index in [-0.39, 0.29) is 0 Å². The first kappa shape index (κ1) is 22.4. The maximum Gasteiger partial charge on any atom is 0.0305 e. The largest absolute Gasteiger partial charge is 0.264 e. The first-order valence-corrected chi connectivity index (χ1v) is 8.66. The third-order valence-electron chi connectivity index (χ3n) is 2.87. The zero-order valence-corrected chi connectivity index (χ0v) is 16.4. The van der Waals surface area contributed by atoms with Crippen molar-refractivity contribution >= 4 is 0 Å². The predicted molar refractivity (Wildman–Crippen MR) is 98.4 cm³/mol. The molecule has 0 aliphatic carbocycles. The molecule has 1 nitrogen and oxygen atoms in total. The van der Waals surface area contributed by atoms with E-state index in [1.807, 2.05) is 26.2 Å². The minimum atomic E-state index is 0.564. The first-order valence-electron chi connectivity index (χ1n) is 8.66. The van der Waals surface area contributed by atoms with Crippen LogP contribution >= 0.6 is 0 Å². The smallest absolute Gasteiger partial charge is 0.0305 e. The van der Waals surface area contributed by atoms with Crippen LogP contribution in [0.4, 0.5) is 0 Å². The van der Waals surface area contributed by atoms with Gasteiger partial charge in [-0.2, -0.15) is 0 Å². The molecule has 0 spiro atoms. The van der Waals surface area contributed by atoms with Crippen LogP contribution in [0.1, 0.15) is 111 Å². The second-order valence-electron chi connectivity index (χ2n) is 6.93. The highest BCUT2D eigenvalue weighted by Crippen LogP contribution is 2.31. The summed E-state index contributed by atoms with van der Waals surface area (Å²) in [7, 11) is 0. The monoisotopic (exact) mass is 293 g/mol. The fourth-order valence-electron chi connectivity index (χ4n) is 2.09. The van der Waals surface area contributed by atoms with Crippen molar-refractivity contribution in [2.24, 2.45) is 5.92 Å². The lowest BCUT2D eigenvalue weighted by atomic mass is 9.85.